The summed E-state index contributed by atoms with van der Waals surface area (Å²) in [6, 6.07) is 6.83. The third-order valence-electron chi connectivity index (χ3n) is 4.28. The summed E-state index contributed by atoms with van der Waals surface area (Å²) in [7, 11) is 0. The monoisotopic (exact) mass is 301 g/mol. The Morgan fingerprint density at radius 1 is 1.23 bits per heavy atom. The Bertz CT molecular complexity index is 603. The predicted octanol–water partition coefficient (Wildman–Crippen LogP) is 2.49. The van der Waals surface area contributed by atoms with Crippen LogP contribution < -0.4 is 4.90 Å². The number of benzene rings is 1. The molecule has 3 rings (SSSR count). The van der Waals surface area contributed by atoms with Gasteiger partial charge in [0.05, 0.1) is 11.1 Å². The van der Waals surface area contributed by atoms with Crippen LogP contribution >= 0.6 is 0 Å². The number of rotatable bonds is 5. The van der Waals surface area contributed by atoms with Gasteiger partial charge in [-0.25, -0.2) is 0 Å². The lowest BCUT2D eigenvalue weighted by atomic mass is 9.93. The van der Waals surface area contributed by atoms with Crippen LogP contribution in [0.3, 0.4) is 0 Å². The van der Waals surface area contributed by atoms with E-state index >= 15 is 0 Å². The first-order valence-electron chi connectivity index (χ1n) is 7.56. The number of aromatic nitrogens is 3. The van der Waals surface area contributed by atoms with Crippen molar-refractivity contribution in [3.05, 3.63) is 46.8 Å². The molecule has 0 atom stereocenters. The molecule has 0 radical (unpaired) electrons. The van der Waals surface area contributed by atoms with E-state index < -0.39 is 0 Å². The fourth-order valence-corrected chi connectivity index (χ4v) is 2.93. The maximum atomic E-state index is 10.7. The maximum Gasteiger partial charge on any atom is 0.269 e. The number of nitro benzene ring substituents is 1. The first kappa shape index (κ1) is 14.5. The van der Waals surface area contributed by atoms with Crippen LogP contribution in [-0.4, -0.2) is 33.0 Å². The van der Waals surface area contributed by atoms with E-state index in [1.807, 2.05) is 23.0 Å². The molecule has 0 amide bonds. The summed E-state index contributed by atoms with van der Waals surface area (Å²) >= 11 is 0. The first-order chi connectivity index (χ1) is 10.7. The Hall–Kier alpha value is -2.44. The molecule has 0 N–H and O–H groups in total. The molecule has 1 aliphatic heterocycles. The lowest BCUT2D eigenvalue weighted by molar-refractivity contribution is -0.384. The van der Waals surface area contributed by atoms with Gasteiger partial charge >= 0.3 is 0 Å². The number of non-ortho nitro benzene ring substituents is 1. The van der Waals surface area contributed by atoms with Crippen molar-refractivity contribution < 1.29 is 4.92 Å². The van der Waals surface area contributed by atoms with Gasteiger partial charge in [0.1, 0.15) is 0 Å². The van der Waals surface area contributed by atoms with Gasteiger partial charge in [0.25, 0.3) is 5.69 Å². The molecule has 0 saturated carbocycles. The number of anilines is 1. The average molecular weight is 301 g/mol. The zero-order valence-electron chi connectivity index (χ0n) is 12.3. The van der Waals surface area contributed by atoms with Gasteiger partial charge in [-0.15, -0.1) is 5.10 Å². The van der Waals surface area contributed by atoms with Crippen molar-refractivity contribution in [3.8, 4) is 0 Å². The Morgan fingerprint density at radius 3 is 2.55 bits per heavy atom. The fraction of sp³-hybridized carbons (Fsp3) is 0.467. The Labute approximate surface area is 128 Å². The zero-order valence-corrected chi connectivity index (χ0v) is 12.3. The number of hydrogen-bond acceptors (Lipinski definition) is 5. The fourth-order valence-electron chi connectivity index (χ4n) is 2.93. The van der Waals surface area contributed by atoms with E-state index in [2.05, 4.69) is 15.2 Å². The van der Waals surface area contributed by atoms with Gasteiger partial charge in [-0.05, 0) is 37.3 Å². The minimum atomic E-state index is -0.361. The molecule has 7 nitrogen and oxygen atoms in total. The highest BCUT2D eigenvalue weighted by Crippen LogP contribution is 2.26. The SMILES string of the molecule is O=[N+]([O-])c1ccc(N2CCC(CCn3ccnn3)CC2)cc1. The summed E-state index contributed by atoms with van der Waals surface area (Å²) in [4.78, 5) is 12.6. The number of nitro groups is 1. The highest BCUT2D eigenvalue weighted by Gasteiger charge is 2.19. The van der Waals surface area contributed by atoms with Crippen molar-refractivity contribution in [2.24, 2.45) is 5.92 Å². The first-order valence-corrected chi connectivity index (χ1v) is 7.56. The lowest BCUT2D eigenvalue weighted by Gasteiger charge is -2.33. The van der Waals surface area contributed by atoms with Gasteiger partial charge in [-0.3, -0.25) is 14.8 Å². The second-order valence-electron chi connectivity index (χ2n) is 5.66. The van der Waals surface area contributed by atoms with Gasteiger partial charge in [0.15, 0.2) is 0 Å². The third kappa shape index (κ3) is 3.41. The summed E-state index contributed by atoms with van der Waals surface area (Å²) in [6.07, 6.45) is 7.01. The zero-order chi connectivity index (χ0) is 15.4. The van der Waals surface area contributed by atoms with Crippen LogP contribution in [0.5, 0.6) is 0 Å². The molecule has 0 bridgehead atoms. The molecule has 0 unspecified atom stereocenters. The van der Waals surface area contributed by atoms with Crippen LogP contribution in [0.15, 0.2) is 36.7 Å². The van der Waals surface area contributed by atoms with Gasteiger partial charge < -0.3 is 4.90 Å². The van der Waals surface area contributed by atoms with E-state index in [4.69, 9.17) is 0 Å². The number of piperidine rings is 1. The van der Waals surface area contributed by atoms with Crippen molar-refractivity contribution in [2.75, 3.05) is 18.0 Å². The molecule has 0 spiro atoms. The molecule has 116 valence electrons. The van der Waals surface area contributed by atoms with Crippen molar-refractivity contribution in [1.82, 2.24) is 15.0 Å². The van der Waals surface area contributed by atoms with Gasteiger partial charge in [-0.1, -0.05) is 5.21 Å². The van der Waals surface area contributed by atoms with Crippen LogP contribution in [0.2, 0.25) is 0 Å². The molecule has 2 aromatic rings. The second kappa shape index (κ2) is 6.55. The van der Waals surface area contributed by atoms with E-state index in [0.29, 0.717) is 5.92 Å². The van der Waals surface area contributed by atoms with Crippen LogP contribution in [0.1, 0.15) is 19.3 Å². The lowest BCUT2D eigenvalue weighted by Crippen LogP contribution is -2.33. The molecular formula is C15H19N5O2. The van der Waals surface area contributed by atoms with Crippen molar-refractivity contribution in [1.29, 1.82) is 0 Å². The van der Waals surface area contributed by atoms with Gasteiger partial charge in [0, 0.05) is 43.7 Å². The largest absolute Gasteiger partial charge is 0.372 e. The standard InChI is InChI=1S/C15H19N5O2/c21-20(22)15-3-1-14(2-4-15)18-9-5-13(6-10-18)7-11-19-12-8-16-17-19/h1-4,8,12-13H,5-7,9-11H2. The summed E-state index contributed by atoms with van der Waals surface area (Å²) in [5.41, 5.74) is 1.21. The molecule has 1 fully saturated rings. The summed E-state index contributed by atoms with van der Waals surface area (Å²) in [5.74, 6) is 0.707. The van der Waals surface area contributed by atoms with E-state index in [-0.39, 0.29) is 10.6 Å². The van der Waals surface area contributed by atoms with Crippen LogP contribution in [0.25, 0.3) is 0 Å². The number of hydrogen-bond donors (Lipinski definition) is 0. The van der Waals surface area contributed by atoms with E-state index in [1.165, 1.54) is 0 Å². The second-order valence-corrected chi connectivity index (χ2v) is 5.66. The summed E-state index contributed by atoms with van der Waals surface area (Å²) in [6.45, 7) is 2.92. The highest BCUT2D eigenvalue weighted by atomic mass is 16.6. The molecule has 1 aromatic carbocycles. The predicted molar refractivity (Wildman–Crippen MR) is 82.7 cm³/mol. The molecule has 22 heavy (non-hydrogen) atoms. The maximum absolute atomic E-state index is 10.7. The quantitative estimate of drug-likeness (QED) is 0.626. The molecule has 1 saturated heterocycles. The van der Waals surface area contributed by atoms with Gasteiger partial charge in [-0.2, -0.15) is 0 Å². The van der Waals surface area contributed by atoms with Crippen molar-refractivity contribution in [2.45, 2.75) is 25.8 Å². The van der Waals surface area contributed by atoms with Crippen molar-refractivity contribution in [3.63, 3.8) is 0 Å². The van der Waals surface area contributed by atoms with E-state index in [1.54, 1.807) is 18.3 Å². The van der Waals surface area contributed by atoms with Crippen LogP contribution in [0.4, 0.5) is 11.4 Å². The average Bonchev–Trinajstić information content (AvgIpc) is 3.07. The van der Waals surface area contributed by atoms with Crippen LogP contribution in [-0.2, 0) is 6.54 Å². The molecule has 0 aliphatic carbocycles. The Morgan fingerprint density at radius 2 is 1.95 bits per heavy atom. The van der Waals surface area contributed by atoms with Gasteiger partial charge in [0.2, 0.25) is 0 Å². The highest BCUT2D eigenvalue weighted by molar-refractivity contribution is 5.51. The molecule has 1 aliphatic rings. The molecular weight excluding hydrogens is 282 g/mol. The Balaban J connectivity index is 1.49. The Kier molecular flexibility index (Phi) is 4.32. The van der Waals surface area contributed by atoms with Crippen molar-refractivity contribution >= 4 is 11.4 Å². The van der Waals surface area contributed by atoms with E-state index in [0.717, 1.165) is 44.6 Å². The summed E-state index contributed by atoms with van der Waals surface area (Å²) < 4.78 is 1.88. The van der Waals surface area contributed by atoms with Crippen LogP contribution in [0, 0.1) is 16.0 Å². The number of aryl methyl sites for hydroxylation is 1. The molecule has 7 heteroatoms. The normalized spacial score (nSPS) is 15.9. The summed E-state index contributed by atoms with van der Waals surface area (Å²) in [5, 5.41) is 18.5. The molecule has 1 aromatic heterocycles. The smallest absolute Gasteiger partial charge is 0.269 e. The minimum Gasteiger partial charge on any atom is -0.372 e. The number of nitrogens with zero attached hydrogens (tertiary/aromatic N) is 5. The molecule has 2 heterocycles. The topological polar surface area (TPSA) is 77.1 Å². The minimum absolute atomic E-state index is 0.145. The van der Waals surface area contributed by atoms with E-state index in [9.17, 15) is 10.1 Å². The third-order valence-corrected chi connectivity index (χ3v) is 4.28.